The molecule has 2 aromatic carbocycles. The van der Waals surface area contributed by atoms with E-state index in [1.54, 1.807) is 7.11 Å². The number of para-hydroxylation sites is 1. The number of carbonyl (C=O) groups excluding carboxylic acids is 1. The van der Waals surface area contributed by atoms with Crippen LogP contribution >= 0.6 is 0 Å². The van der Waals surface area contributed by atoms with Gasteiger partial charge in [0.2, 0.25) is 0 Å². The quantitative estimate of drug-likeness (QED) is 0.544. The lowest BCUT2D eigenvalue weighted by Crippen LogP contribution is -2.48. The molecule has 0 radical (unpaired) electrons. The van der Waals surface area contributed by atoms with Crippen LogP contribution in [0.2, 0.25) is 0 Å². The SMILES string of the molecule is CCOc1ccccc1CN1CCC2(CC1)CCN(C(=O)c1cccc(OC)c1)CC2.O=C(O)C(F)(F)F. The Kier molecular flexibility index (Phi) is 10.0. The molecule has 0 saturated carbocycles. The normalized spacial score (nSPS) is 17.3. The first-order valence-corrected chi connectivity index (χ1v) is 12.7. The van der Waals surface area contributed by atoms with Gasteiger partial charge in [0.1, 0.15) is 11.5 Å². The van der Waals surface area contributed by atoms with E-state index in [4.69, 9.17) is 19.4 Å². The average molecular weight is 537 g/mol. The van der Waals surface area contributed by atoms with Gasteiger partial charge in [0.15, 0.2) is 0 Å². The van der Waals surface area contributed by atoms with E-state index >= 15 is 0 Å². The number of rotatable bonds is 6. The lowest BCUT2D eigenvalue weighted by atomic mass is 9.71. The van der Waals surface area contributed by atoms with E-state index < -0.39 is 12.1 Å². The molecule has 208 valence electrons. The molecule has 1 N–H and O–H groups in total. The van der Waals surface area contributed by atoms with E-state index in [1.165, 1.54) is 18.4 Å². The highest BCUT2D eigenvalue weighted by molar-refractivity contribution is 5.94. The van der Waals surface area contributed by atoms with Crippen LogP contribution < -0.4 is 9.47 Å². The summed E-state index contributed by atoms with van der Waals surface area (Å²) >= 11 is 0. The van der Waals surface area contributed by atoms with Gasteiger partial charge in [0, 0.05) is 30.8 Å². The van der Waals surface area contributed by atoms with Crippen LogP contribution in [-0.4, -0.2) is 72.9 Å². The molecule has 0 aliphatic carbocycles. The Bertz CT molecular complexity index is 1070. The van der Waals surface area contributed by atoms with Crippen LogP contribution in [0.25, 0.3) is 0 Å². The molecule has 2 aliphatic rings. The molecule has 2 aliphatic heterocycles. The third-order valence-corrected chi connectivity index (χ3v) is 7.25. The first kappa shape index (κ1) is 29.3. The molecule has 2 saturated heterocycles. The fourth-order valence-corrected chi connectivity index (χ4v) is 4.98. The molecular formula is C28H35F3N2O5. The number of alkyl halides is 3. The number of amides is 1. The summed E-state index contributed by atoms with van der Waals surface area (Å²) < 4.78 is 42.8. The van der Waals surface area contributed by atoms with Crippen LogP contribution in [-0.2, 0) is 11.3 Å². The predicted octanol–water partition coefficient (Wildman–Crippen LogP) is 5.25. The third kappa shape index (κ3) is 7.86. The minimum Gasteiger partial charge on any atom is -0.497 e. The summed E-state index contributed by atoms with van der Waals surface area (Å²) in [6, 6.07) is 15.9. The summed E-state index contributed by atoms with van der Waals surface area (Å²) in [5.74, 6) is -0.890. The molecule has 0 bridgehead atoms. The van der Waals surface area contributed by atoms with Crippen molar-refractivity contribution in [2.75, 3.05) is 39.9 Å². The van der Waals surface area contributed by atoms with Crippen LogP contribution in [0, 0.1) is 5.41 Å². The number of benzene rings is 2. The Hall–Kier alpha value is -3.27. The summed E-state index contributed by atoms with van der Waals surface area (Å²) in [6.07, 6.45) is -0.450. The van der Waals surface area contributed by atoms with E-state index in [0.717, 1.165) is 62.6 Å². The molecule has 0 aromatic heterocycles. The van der Waals surface area contributed by atoms with Gasteiger partial charge < -0.3 is 19.5 Å². The molecule has 10 heteroatoms. The lowest BCUT2D eigenvalue weighted by molar-refractivity contribution is -0.192. The average Bonchev–Trinajstić information content (AvgIpc) is 2.91. The lowest BCUT2D eigenvalue weighted by Gasteiger charge is -2.47. The molecular weight excluding hydrogens is 501 g/mol. The molecule has 0 atom stereocenters. The molecule has 7 nitrogen and oxygen atoms in total. The maximum absolute atomic E-state index is 12.9. The van der Waals surface area contributed by atoms with E-state index in [0.29, 0.717) is 12.0 Å². The molecule has 4 rings (SSSR count). The molecule has 0 unspecified atom stereocenters. The molecule has 2 heterocycles. The Labute approximate surface area is 221 Å². The van der Waals surface area contributed by atoms with Crippen molar-refractivity contribution in [2.24, 2.45) is 5.41 Å². The highest BCUT2D eigenvalue weighted by Gasteiger charge is 2.39. The van der Waals surface area contributed by atoms with Crippen molar-refractivity contribution in [1.29, 1.82) is 0 Å². The molecule has 2 aromatic rings. The van der Waals surface area contributed by atoms with E-state index in [-0.39, 0.29) is 5.91 Å². The number of ether oxygens (including phenoxy) is 2. The van der Waals surface area contributed by atoms with Crippen LogP contribution in [0.15, 0.2) is 48.5 Å². The largest absolute Gasteiger partial charge is 0.497 e. The highest BCUT2D eigenvalue weighted by Crippen LogP contribution is 2.42. The number of methoxy groups -OCH3 is 1. The monoisotopic (exact) mass is 536 g/mol. The molecule has 2 fully saturated rings. The van der Waals surface area contributed by atoms with E-state index in [1.807, 2.05) is 42.2 Å². The number of hydrogen-bond donors (Lipinski definition) is 1. The Morgan fingerprint density at radius 2 is 1.58 bits per heavy atom. The number of hydrogen-bond acceptors (Lipinski definition) is 5. The summed E-state index contributed by atoms with van der Waals surface area (Å²) in [7, 11) is 1.63. The van der Waals surface area contributed by atoms with Gasteiger partial charge in [0.25, 0.3) is 5.91 Å². The minimum absolute atomic E-state index is 0.124. The van der Waals surface area contributed by atoms with Gasteiger partial charge in [-0.3, -0.25) is 9.69 Å². The second-order valence-electron chi connectivity index (χ2n) is 9.64. The third-order valence-electron chi connectivity index (χ3n) is 7.25. The number of carboxylic acid groups (broad SMARTS) is 1. The van der Waals surface area contributed by atoms with E-state index in [2.05, 4.69) is 23.1 Å². The van der Waals surface area contributed by atoms with Crippen LogP contribution in [0.1, 0.15) is 48.5 Å². The minimum atomic E-state index is -5.08. The van der Waals surface area contributed by atoms with Gasteiger partial charge in [-0.1, -0.05) is 24.3 Å². The van der Waals surface area contributed by atoms with Gasteiger partial charge in [-0.25, -0.2) is 4.79 Å². The van der Waals surface area contributed by atoms with E-state index in [9.17, 15) is 18.0 Å². The summed E-state index contributed by atoms with van der Waals surface area (Å²) in [6.45, 7) is 7.62. The number of likely N-dealkylation sites (tertiary alicyclic amines) is 2. The van der Waals surface area contributed by atoms with Gasteiger partial charge in [-0.05, 0) is 75.4 Å². The maximum atomic E-state index is 12.9. The number of halogens is 3. The maximum Gasteiger partial charge on any atom is 0.490 e. The second-order valence-corrected chi connectivity index (χ2v) is 9.64. The zero-order valence-electron chi connectivity index (χ0n) is 21.8. The fourth-order valence-electron chi connectivity index (χ4n) is 4.98. The topological polar surface area (TPSA) is 79.3 Å². The van der Waals surface area contributed by atoms with Crippen molar-refractivity contribution in [2.45, 2.75) is 45.3 Å². The highest BCUT2D eigenvalue weighted by atomic mass is 19.4. The number of carboxylic acids is 1. The fraction of sp³-hybridized carbons (Fsp3) is 0.500. The Morgan fingerprint density at radius 3 is 2.16 bits per heavy atom. The number of piperidine rings is 2. The van der Waals surface area contributed by atoms with Crippen molar-refractivity contribution >= 4 is 11.9 Å². The first-order chi connectivity index (χ1) is 18.1. The molecule has 1 amide bonds. The Morgan fingerprint density at radius 1 is 0.974 bits per heavy atom. The first-order valence-electron chi connectivity index (χ1n) is 12.7. The van der Waals surface area contributed by atoms with Gasteiger partial charge in [-0.15, -0.1) is 0 Å². The smallest absolute Gasteiger partial charge is 0.490 e. The zero-order valence-corrected chi connectivity index (χ0v) is 21.8. The van der Waals surface area contributed by atoms with Crippen molar-refractivity contribution in [3.8, 4) is 11.5 Å². The van der Waals surface area contributed by atoms with Crippen molar-refractivity contribution in [3.05, 3.63) is 59.7 Å². The number of carbonyl (C=O) groups is 2. The van der Waals surface area contributed by atoms with Crippen molar-refractivity contribution in [3.63, 3.8) is 0 Å². The van der Waals surface area contributed by atoms with Gasteiger partial charge in [-0.2, -0.15) is 13.2 Å². The summed E-state index contributed by atoms with van der Waals surface area (Å²) in [5.41, 5.74) is 2.39. The number of aliphatic carboxylic acids is 1. The van der Waals surface area contributed by atoms with Crippen molar-refractivity contribution in [1.82, 2.24) is 9.80 Å². The van der Waals surface area contributed by atoms with Crippen LogP contribution in [0.3, 0.4) is 0 Å². The molecule has 38 heavy (non-hydrogen) atoms. The van der Waals surface area contributed by atoms with Gasteiger partial charge in [0.05, 0.1) is 13.7 Å². The van der Waals surface area contributed by atoms with Crippen LogP contribution in [0.4, 0.5) is 13.2 Å². The summed E-state index contributed by atoms with van der Waals surface area (Å²) in [5, 5.41) is 7.12. The second kappa shape index (κ2) is 13.0. The standard InChI is InChI=1S/C26H34N2O3.C2HF3O2/c1-3-31-24-10-5-4-7-22(24)20-27-15-11-26(12-16-27)13-17-28(18-14-26)25(29)21-8-6-9-23(19-21)30-2;3-2(4,5)1(6)7/h4-10,19H,3,11-18,20H2,1-2H3;(H,6,7). The number of nitrogens with zero attached hydrogens (tertiary/aromatic N) is 2. The van der Waals surface area contributed by atoms with Crippen LogP contribution in [0.5, 0.6) is 11.5 Å². The predicted molar refractivity (Wildman–Crippen MR) is 136 cm³/mol. The summed E-state index contributed by atoms with van der Waals surface area (Å²) in [4.78, 5) is 26.4. The van der Waals surface area contributed by atoms with Crippen molar-refractivity contribution < 1.29 is 37.3 Å². The van der Waals surface area contributed by atoms with Gasteiger partial charge >= 0.3 is 12.1 Å². The molecule has 1 spiro atoms. The Balaban J connectivity index is 0.000000505. The zero-order chi connectivity index (χ0) is 27.8.